The molecule has 3 nitrogen and oxygen atoms in total. The van der Waals surface area contributed by atoms with Crippen molar-refractivity contribution in [3.8, 4) is 5.88 Å². The minimum atomic E-state index is -0.0517. The first-order chi connectivity index (χ1) is 7.67. The number of ether oxygens (including phenoxy) is 1. The van der Waals surface area contributed by atoms with E-state index in [0.717, 1.165) is 22.9 Å². The highest BCUT2D eigenvalue weighted by Crippen LogP contribution is 2.20. The van der Waals surface area contributed by atoms with Crippen LogP contribution in [-0.2, 0) is 6.61 Å². The summed E-state index contributed by atoms with van der Waals surface area (Å²) in [5.41, 5.74) is 0.720. The Bertz CT molecular complexity index is 331. The maximum Gasteiger partial charge on any atom is 0.218 e. The molecule has 1 atom stereocenters. The number of nitrogens with zero attached hydrogens (tertiary/aromatic N) is 1. The maximum absolute atomic E-state index is 9.17. The zero-order valence-corrected chi connectivity index (χ0v) is 11.3. The molecule has 0 saturated heterocycles. The van der Waals surface area contributed by atoms with E-state index in [1.165, 1.54) is 0 Å². The molecule has 90 valence electrons. The van der Waals surface area contributed by atoms with E-state index in [1.807, 2.05) is 6.07 Å². The van der Waals surface area contributed by atoms with Gasteiger partial charge in [-0.3, -0.25) is 0 Å². The number of pyridine rings is 1. The van der Waals surface area contributed by atoms with Gasteiger partial charge in [-0.1, -0.05) is 20.3 Å². The molecular formula is C12H18BrNO2. The van der Waals surface area contributed by atoms with Gasteiger partial charge >= 0.3 is 0 Å². The highest BCUT2D eigenvalue weighted by atomic mass is 79.9. The monoisotopic (exact) mass is 287 g/mol. The molecule has 0 aliphatic rings. The molecule has 1 aromatic rings. The molecule has 4 heteroatoms. The van der Waals surface area contributed by atoms with E-state index in [1.54, 1.807) is 6.20 Å². The average molecular weight is 288 g/mol. The van der Waals surface area contributed by atoms with Crippen molar-refractivity contribution in [2.24, 2.45) is 5.92 Å². The highest BCUT2D eigenvalue weighted by molar-refractivity contribution is 9.10. The fourth-order valence-corrected chi connectivity index (χ4v) is 1.89. The number of aliphatic hydroxyl groups is 1. The lowest BCUT2D eigenvalue weighted by Crippen LogP contribution is -2.10. The van der Waals surface area contributed by atoms with Gasteiger partial charge in [0.1, 0.15) is 0 Å². The molecule has 0 aromatic carbocycles. The molecule has 1 heterocycles. The van der Waals surface area contributed by atoms with Crippen LogP contribution >= 0.6 is 15.9 Å². The van der Waals surface area contributed by atoms with Crippen LogP contribution in [0.3, 0.4) is 0 Å². The van der Waals surface area contributed by atoms with Crippen LogP contribution in [0, 0.1) is 5.92 Å². The van der Waals surface area contributed by atoms with Crippen LogP contribution in [0.5, 0.6) is 5.88 Å². The lowest BCUT2D eigenvalue weighted by atomic mass is 10.1. The Morgan fingerprint density at radius 2 is 2.31 bits per heavy atom. The highest BCUT2D eigenvalue weighted by Gasteiger charge is 2.07. The van der Waals surface area contributed by atoms with Gasteiger partial charge in [-0.15, -0.1) is 0 Å². The standard InChI is InChI=1S/C12H18BrNO2/c1-3-4-9(2)8-16-12-10(7-15)5-11(13)6-14-12/h5-6,9,15H,3-4,7-8H2,1-2H3. The van der Waals surface area contributed by atoms with Crippen LogP contribution in [-0.4, -0.2) is 16.7 Å². The average Bonchev–Trinajstić information content (AvgIpc) is 2.27. The van der Waals surface area contributed by atoms with Gasteiger partial charge in [0.05, 0.1) is 13.2 Å². The summed E-state index contributed by atoms with van der Waals surface area (Å²) in [6.45, 7) is 4.91. The Morgan fingerprint density at radius 3 is 2.94 bits per heavy atom. The molecule has 0 saturated carbocycles. The predicted octanol–water partition coefficient (Wildman–Crippen LogP) is 3.15. The van der Waals surface area contributed by atoms with Crippen molar-refractivity contribution < 1.29 is 9.84 Å². The van der Waals surface area contributed by atoms with Crippen molar-refractivity contribution in [3.05, 3.63) is 22.3 Å². The molecule has 0 bridgehead atoms. The van der Waals surface area contributed by atoms with Gasteiger partial charge in [-0.2, -0.15) is 0 Å². The zero-order valence-electron chi connectivity index (χ0n) is 9.74. The second-order valence-corrected chi connectivity index (χ2v) is 4.90. The molecule has 1 aromatic heterocycles. The Hall–Kier alpha value is -0.610. The topological polar surface area (TPSA) is 42.4 Å². The van der Waals surface area contributed by atoms with Gasteiger partial charge in [0.25, 0.3) is 0 Å². The van der Waals surface area contributed by atoms with Crippen LogP contribution in [0.15, 0.2) is 16.7 Å². The number of hydrogen-bond acceptors (Lipinski definition) is 3. The smallest absolute Gasteiger partial charge is 0.218 e. The molecule has 0 radical (unpaired) electrons. The van der Waals surface area contributed by atoms with Crippen molar-refractivity contribution in [1.82, 2.24) is 4.98 Å². The van der Waals surface area contributed by atoms with Gasteiger partial charge in [0.15, 0.2) is 0 Å². The van der Waals surface area contributed by atoms with Crippen molar-refractivity contribution in [2.75, 3.05) is 6.61 Å². The van der Waals surface area contributed by atoms with Crippen molar-refractivity contribution >= 4 is 15.9 Å². The van der Waals surface area contributed by atoms with Gasteiger partial charge in [0, 0.05) is 16.2 Å². The van der Waals surface area contributed by atoms with E-state index in [9.17, 15) is 5.11 Å². The number of halogens is 1. The molecule has 16 heavy (non-hydrogen) atoms. The summed E-state index contributed by atoms with van der Waals surface area (Å²) in [5.74, 6) is 1.05. The maximum atomic E-state index is 9.17. The fraction of sp³-hybridized carbons (Fsp3) is 0.583. The van der Waals surface area contributed by atoms with Crippen LogP contribution in [0.25, 0.3) is 0 Å². The van der Waals surface area contributed by atoms with Gasteiger partial charge in [-0.05, 0) is 34.3 Å². The normalized spacial score (nSPS) is 12.5. The Morgan fingerprint density at radius 1 is 1.56 bits per heavy atom. The molecular weight excluding hydrogens is 270 g/mol. The molecule has 0 aliphatic carbocycles. The van der Waals surface area contributed by atoms with Crippen LogP contribution in [0.1, 0.15) is 32.3 Å². The summed E-state index contributed by atoms with van der Waals surface area (Å²) in [7, 11) is 0. The molecule has 0 fully saturated rings. The van der Waals surface area contributed by atoms with Crippen LogP contribution in [0.2, 0.25) is 0 Å². The first-order valence-corrected chi connectivity index (χ1v) is 6.34. The molecule has 1 rings (SSSR count). The first kappa shape index (κ1) is 13.5. The SMILES string of the molecule is CCCC(C)COc1ncc(Br)cc1CO. The van der Waals surface area contributed by atoms with E-state index in [4.69, 9.17) is 4.74 Å². The Balaban J connectivity index is 2.59. The molecule has 0 amide bonds. The van der Waals surface area contributed by atoms with Crippen molar-refractivity contribution in [1.29, 1.82) is 0 Å². The molecule has 0 spiro atoms. The van der Waals surface area contributed by atoms with Crippen molar-refractivity contribution in [2.45, 2.75) is 33.3 Å². The summed E-state index contributed by atoms with van der Waals surface area (Å²) in [6.07, 6.45) is 3.98. The van der Waals surface area contributed by atoms with Crippen LogP contribution < -0.4 is 4.74 Å². The third-order valence-electron chi connectivity index (χ3n) is 2.35. The third kappa shape index (κ3) is 4.10. The second kappa shape index (κ2) is 6.86. The third-order valence-corrected chi connectivity index (χ3v) is 2.78. The van der Waals surface area contributed by atoms with E-state index in [-0.39, 0.29) is 6.61 Å². The molecule has 1 N–H and O–H groups in total. The van der Waals surface area contributed by atoms with E-state index < -0.39 is 0 Å². The summed E-state index contributed by atoms with van der Waals surface area (Å²) in [4.78, 5) is 4.15. The minimum Gasteiger partial charge on any atom is -0.477 e. The Labute approximate surface area is 105 Å². The minimum absolute atomic E-state index is 0.0517. The van der Waals surface area contributed by atoms with Gasteiger partial charge < -0.3 is 9.84 Å². The van der Waals surface area contributed by atoms with E-state index in [2.05, 4.69) is 34.8 Å². The van der Waals surface area contributed by atoms with Gasteiger partial charge in [0.2, 0.25) is 5.88 Å². The van der Waals surface area contributed by atoms with Crippen molar-refractivity contribution in [3.63, 3.8) is 0 Å². The summed E-state index contributed by atoms with van der Waals surface area (Å²) >= 11 is 3.31. The van der Waals surface area contributed by atoms with Gasteiger partial charge in [-0.25, -0.2) is 4.98 Å². The van der Waals surface area contributed by atoms with E-state index in [0.29, 0.717) is 18.4 Å². The fourth-order valence-electron chi connectivity index (χ4n) is 1.51. The summed E-state index contributed by atoms with van der Waals surface area (Å²) in [6, 6.07) is 1.83. The lowest BCUT2D eigenvalue weighted by molar-refractivity contribution is 0.226. The molecule has 0 aliphatic heterocycles. The first-order valence-electron chi connectivity index (χ1n) is 5.55. The second-order valence-electron chi connectivity index (χ2n) is 3.98. The quantitative estimate of drug-likeness (QED) is 0.874. The number of aliphatic hydroxyl groups excluding tert-OH is 1. The number of rotatable bonds is 6. The predicted molar refractivity (Wildman–Crippen MR) is 67.4 cm³/mol. The Kier molecular flexibility index (Phi) is 5.77. The lowest BCUT2D eigenvalue weighted by Gasteiger charge is -2.13. The number of aromatic nitrogens is 1. The largest absolute Gasteiger partial charge is 0.477 e. The zero-order chi connectivity index (χ0) is 12.0. The van der Waals surface area contributed by atoms with Crippen LogP contribution in [0.4, 0.5) is 0 Å². The summed E-state index contributed by atoms with van der Waals surface area (Å²) in [5, 5.41) is 9.17. The number of hydrogen-bond donors (Lipinski definition) is 1. The summed E-state index contributed by atoms with van der Waals surface area (Å²) < 4.78 is 6.46. The molecule has 1 unspecified atom stereocenters. The van der Waals surface area contributed by atoms with E-state index >= 15 is 0 Å².